The summed E-state index contributed by atoms with van der Waals surface area (Å²) in [5.74, 6) is -1.51. The number of thiophene rings is 1. The summed E-state index contributed by atoms with van der Waals surface area (Å²) in [6.45, 7) is 3.25. The Labute approximate surface area is 91.2 Å². The molecule has 1 aromatic rings. The highest BCUT2D eigenvalue weighted by Gasteiger charge is 2.06. The van der Waals surface area contributed by atoms with Gasteiger partial charge in [-0.15, -0.1) is 11.3 Å². The predicted molar refractivity (Wildman–Crippen MR) is 59.1 cm³/mol. The average Bonchev–Trinajstić information content (AvgIpc) is 2.51. The molecule has 0 bridgehead atoms. The van der Waals surface area contributed by atoms with Crippen LogP contribution in [0.15, 0.2) is 22.4 Å². The van der Waals surface area contributed by atoms with E-state index in [1.54, 1.807) is 5.38 Å². The monoisotopic (exact) mass is 225 g/mol. The molecule has 1 rings (SSSR count). The fourth-order valence-electron chi connectivity index (χ4n) is 0.916. The van der Waals surface area contributed by atoms with Gasteiger partial charge in [-0.05, 0) is 24.8 Å². The van der Waals surface area contributed by atoms with Gasteiger partial charge >= 0.3 is 5.97 Å². The second-order valence-electron chi connectivity index (χ2n) is 3.09. The molecule has 0 aliphatic rings. The van der Waals surface area contributed by atoms with E-state index in [1.165, 1.54) is 18.3 Å². The topological polar surface area (TPSA) is 66.4 Å². The van der Waals surface area contributed by atoms with Crippen molar-refractivity contribution in [1.29, 1.82) is 0 Å². The van der Waals surface area contributed by atoms with E-state index in [4.69, 9.17) is 5.11 Å². The Balaban J connectivity index is 2.69. The predicted octanol–water partition coefficient (Wildman–Crippen LogP) is 2.03. The Bertz CT molecular complexity index is 420. The van der Waals surface area contributed by atoms with Crippen LogP contribution in [-0.4, -0.2) is 17.0 Å². The van der Waals surface area contributed by atoms with Gasteiger partial charge in [-0.2, -0.15) is 0 Å². The summed E-state index contributed by atoms with van der Waals surface area (Å²) in [6, 6.07) is 0. The van der Waals surface area contributed by atoms with Crippen LogP contribution < -0.4 is 5.32 Å². The summed E-state index contributed by atoms with van der Waals surface area (Å²) in [6.07, 6.45) is 1.07. The summed E-state index contributed by atoms with van der Waals surface area (Å²) < 4.78 is 0. The molecule has 1 amide bonds. The normalized spacial score (nSPS) is 11.2. The molecule has 15 heavy (non-hydrogen) atoms. The average molecular weight is 225 g/mol. The number of aryl methyl sites for hydroxylation is 1. The second-order valence-corrected chi connectivity index (χ2v) is 3.83. The van der Waals surface area contributed by atoms with Crippen LogP contribution in [0, 0.1) is 6.92 Å². The quantitative estimate of drug-likeness (QED) is 0.773. The molecule has 0 unspecified atom stereocenters. The maximum absolute atomic E-state index is 11.3. The Hall–Kier alpha value is -1.62. The number of carbonyl (C=O) groups excluding carboxylic acids is 1. The van der Waals surface area contributed by atoms with Crippen LogP contribution >= 0.6 is 11.3 Å². The minimum atomic E-state index is -1.09. The first-order valence-corrected chi connectivity index (χ1v) is 5.20. The molecule has 80 valence electrons. The number of anilines is 1. The second kappa shape index (κ2) is 4.75. The molecule has 1 heterocycles. The number of hydrogen-bond acceptors (Lipinski definition) is 3. The molecule has 0 aliphatic carbocycles. The van der Waals surface area contributed by atoms with E-state index < -0.39 is 11.9 Å². The van der Waals surface area contributed by atoms with Gasteiger partial charge < -0.3 is 10.4 Å². The number of rotatable bonds is 3. The van der Waals surface area contributed by atoms with Crippen molar-refractivity contribution in [2.75, 3.05) is 5.32 Å². The van der Waals surface area contributed by atoms with Gasteiger partial charge in [0.25, 0.3) is 0 Å². The number of carboxylic acid groups (broad SMARTS) is 1. The standard InChI is InChI=1S/C10H11NO3S/c1-6(10(13)14)3-9(12)11-8-5-15-4-7(8)2/h3-5H,1-2H3,(H,11,12)(H,13,14). The van der Waals surface area contributed by atoms with Gasteiger partial charge in [-0.1, -0.05) is 0 Å². The van der Waals surface area contributed by atoms with Crippen molar-refractivity contribution in [2.24, 2.45) is 0 Å². The fraction of sp³-hybridized carbons (Fsp3) is 0.200. The third kappa shape index (κ3) is 3.21. The van der Waals surface area contributed by atoms with Gasteiger partial charge in [0.1, 0.15) is 0 Å². The lowest BCUT2D eigenvalue weighted by Crippen LogP contribution is -2.10. The van der Waals surface area contributed by atoms with E-state index in [2.05, 4.69) is 5.32 Å². The van der Waals surface area contributed by atoms with Gasteiger partial charge in [0, 0.05) is 17.0 Å². The number of hydrogen-bond donors (Lipinski definition) is 2. The van der Waals surface area contributed by atoms with Gasteiger partial charge in [-0.25, -0.2) is 4.79 Å². The van der Waals surface area contributed by atoms with Crippen molar-refractivity contribution in [3.8, 4) is 0 Å². The largest absolute Gasteiger partial charge is 0.478 e. The number of aliphatic carboxylic acids is 1. The lowest BCUT2D eigenvalue weighted by atomic mass is 10.2. The number of nitrogens with one attached hydrogen (secondary N) is 1. The van der Waals surface area contributed by atoms with Crippen LogP contribution in [0.3, 0.4) is 0 Å². The summed E-state index contributed by atoms with van der Waals surface area (Å²) in [5, 5.41) is 14.9. The molecular formula is C10H11NO3S. The molecule has 0 aromatic carbocycles. The zero-order valence-electron chi connectivity index (χ0n) is 8.40. The van der Waals surface area contributed by atoms with Crippen LogP contribution in [0.25, 0.3) is 0 Å². The molecule has 0 fully saturated rings. The molecule has 0 aliphatic heterocycles. The highest BCUT2D eigenvalue weighted by Crippen LogP contribution is 2.19. The van der Waals surface area contributed by atoms with Crippen LogP contribution in [0.1, 0.15) is 12.5 Å². The minimum absolute atomic E-state index is 0.0142. The Kier molecular flexibility index (Phi) is 3.62. The van der Waals surface area contributed by atoms with Crippen LogP contribution in [0.5, 0.6) is 0 Å². The van der Waals surface area contributed by atoms with E-state index in [9.17, 15) is 9.59 Å². The molecule has 4 nitrogen and oxygen atoms in total. The summed E-state index contributed by atoms with van der Waals surface area (Å²) in [4.78, 5) is 21.8. The van der Waals surface area contributed by atoms with Crippen molar-refractivity contribution in [2.45, 2.75) is 13.8 Å². The van der Waals surface area contributed by atoms with Crippen molar-refractivity contribution < 1.29 is 14.7 Å². The molecule has 2 N–H and O–H groups in total. The highest BCUT2D eigenvalue weighted by molar-refractivity contribution is 7.08. The highest BCUT2D eigenvalue weighted by atomic mass is 32.1. The number of carbonyl (C=O) groups is 2. The van der Waals surface area contributed by atoms with Gasteiger partial charge in [-0.3, -0.25) is 4.79 Å². The first-order chi connectivity index (χ1) is 7.00. The summed E-state index contributed by atoms with van der Waals surface area (Å²) in [7, 11) is 0. The molecule has 0 saturated carbocycles. The van der Waals surface area contributed by atoms with E-state index in [0.717, 1.165) is 17.3 Å². The van der Waals surface area contributed by atoms with E-state index in [-0.39, 0.29) is 5.57 Å². The molecule has 5 heteroatoms. The first-order valence-electron chi connectivity index (χ1n) is 4.26. The zero-order valence-corrected chi connectivity index (χ0v) is 9.22. The lowest BCUT2D eigenvalue weighted by Gasteiger charge is -2.00. The van der Waals surface area contributed by atoms with Crippen molar-refractivity contribution in [3.05, 3.63) is 28.0 Å². The molecule has 1 aromatic heterocycles. The first kappa shape index (κ1) is 11.5. The smallest absolute Gasteiger partial charge is 0.331 e. The van der Waals surface area contributed by atoms with E-state index in [0.29, 0.717) is 0 Å². The van der Waals surface area contributed by atoms with Crippen LogP contribution in [0.2, 0.25) is 0 Å². The number of amides is 1. The van der Waals surface area contributed by atoms with Crippen molar-refractivity contribution >= 4 is 28.9 Å². The maximum Gasteiger partial charge on any atom is 0.331 e. The fourth-order valence-corrected chi connectivity index (χ4v) is 1.70. The summed E-state index contributed by atoms with van der Waals surface area (Å²) in [5.41, 5.74) is 1.70. The van der Waals surface area contributed by atoms with Crippen molar-refractivity contribution in [3.63, 3.8) is 0 Å². The molecule has 0 spiro atoms. The third-order valence-electron chi connectivity index (χ3n) is 1.80. The SMILES string of the molecule is CC(=CC(=O)Nc1cscc1C)C(=O)O. The Morgan fingerprint density at radius 3 is 2.60 bits per heavy atom. The van der Waals surface area contributed by atoms with Gasteiger partial charge in [0.15, 0.2) is 0 Å². The zero-order chi connectivity index (χ0) is 11.4. The molecule has 0 saturated heterocycles. The Morgan fingerprint density at radius 1 is 1.47 bits per heavy atom. The van der Waals surface area contributed by atoms with Gasteiger partial charge in [0.2, 0.25) is 5.91 Å². The van der Waals surface area contributed by atoms with Crippen molar-refractivity contribution in [1.82, 2.24) is 0 Å². The van der Waals surface area contributed by atoms with Crippen LogP contribution in [0.4, 0.5) is 5.69 Å². The summed E-state index contributed by atoms with van der Waals surface area (Å²) >= 11 is 1.48. The van der Waals surface area contributed by atoms with Gasteiger partial charge in [0.05, 0.1) is 5.69 Å². The third-order valence-corrected chi connectivity index (χ3v) is 2.66. The van der Waals surface area contributed by atoms with E-state index >= 15 is 0 Å². The van der Waals surface area contributed by atoms with E-state index in [1.807, 2.05) is 12.3 Å². The molecular weight excluding hydrogens is 214 g/mol. The van der Waals surface area contributed by atoms with Crippen LogP contribution in [-0.2, 0) is 9.59 Å². The minimum Gasteiger partial charge on any atom is -0.478 e. The number of carboxylic acids is 1. The lowest BCUT2D eigenvalue weighted by molar-refractivity contribution is -0.132. The molecule has 0 radical (unpaired) electrons. The Morgan fingerprint density at radius 2 is 2.13 bits per heavy atom. The maximum atomic E-state index is 11.3. The molecule has 0 atom stereocenters.